The highest BCUT2D eigenvalue weighted by Gasteiger charge is 2.14. The summed E-state index contributed by atoms with van der Waals surface area (Å²) in [5.74, 6) is 0.973. The lowest BCUT2D eigenvalue weighted by Crippen LogP contribution is -2.37. The zero-order valence-electron chi connectivity index (χ0n) is 9.20. The lowest BCUT2D eigenvalue weighted by molar-refractivity contribution is 0.167. The van der Waals surface area contributed by atoms with Crippen LogP contribution < -0.4 is 10.1 Å². The summed E-state index contributed by atoms with van der Waals surface area (Å²) >= 11 is 0. The minimum atomic E-state index is 0.324. The number of rotatable bonds is 2. The Morgan fingerprint density at radius 2 is 2.25 bits per heavy atom. The molecular weight excluding hydrogens is 200 g/mol. The summed E-state index contributed by atoms with van der Waals surface area (Å²) in [7, 11) is 0. The third-order valence-corrected chi connectivity index (χ3v) is 3.08. The topological polar surface area (TPSA) is 37.0 Å². The third-order valence-electron chi connectivity index (χ3n) is 3.08. The zero-order valence-corrected chi connectivity index (χ0v) is 9.20. The molecule has 0 aliphatic carbocycles. The van der Waals surface area contributed by atoms with E-state index in [9.17, 15) is 0 Å². The Hall–Kier alpha value is -1.48. The molecule has 2 N–H and O–H groups in total. The third kappa shape index (κ3) is 1.91. The van der Waals surface area contributed by atoms with Gasteiger partial charge in [-0.2, -0.15) is 0 Å². The van der Waals surface area contributed by atoms with Crippen LogP contribution in [0.5, 0.6) is 5.75 Å². The van der Waals surface area contributed by atoms with Gasteiger partial charge in [0.25, 0.3) is 0 Å². The summed E-state index contributed by atoms with van der Waals surface area (Å²) in [6.45, 7) is 2.09. The molecule has 1 unspecified atom stereocenters. The van der Waals surface area contributed by atoms with E-state index in [1.807, 2.05) is 12.3 Å². The monoisotopic (exact) mass is 216 g/mol. The van der Waals surface area contributed by atoms with Crippen LogP contribution in [0.4, 0.5) is 0 Å². The van der Waals surface area contributed by atoms with Crippen LogP contribution >= 0.6 is 0 Å². The molecule has 0 amide bonds. The Bertz CT molecular complexity index is 471. The van der Waals surface area contributed by atoms with E-state index in [0.717, 1.165) is 30.8 Å². The molecule has 0 spiro atoms. The molecule has 3 nitrogen and oxygen atoms in total. The highest BCUT2D eigenvalue weighted by atomic mass is 16.5. The lowest BCUT2D eigenvalue weighted by Gasteiger charge is -2.23. The first-order valence-corrected chi connectivity index (χ1v) is 5.86. The van der Waals surface area contributed by atoms with Crippen molar-refractivity contribution >= 4 is 10.9 Å². The van der Waals surface area contributed by atoms with Crippen molar-refractivity contribution in [3.05, 3.63) is 30.5 Å². The number of nitrogens with one attached hydrogen (secondary N) is 2. The van der Waals surface area contributed by atoms with Gasteiger partial charge in [0.1, 0.15) is 11.9 Å². The van der Waals surface area contributed by atoms with E-state index in [0.29, 0.717) is 6.10 Å². The molecule has 84 valence electrons. The van der Waals surface area contributed by atoms with Crippen LogP contribution in [0.25, 0.3) is 10.9 Å². The highest BCUT2D eigenvalue weighted by molar-refractivity contribution is 5.80. The van der Waals surface area contributed by atoms with E-state index in [1.54, 1.807) is 0 Å². The fourth-order valence-electron chi connectivity index (χ4n) is 2.22. The van der Waals surface area contributed by atoms with E-state index in [-0.39, 0.29) is 0 Å². The fraction of sp³-hybridized carbons (Fsp3) is 0.385. The van der Waals surface area contributed by atoms with Crippen molar-refractivity contribution in [1.82, 2.24) is 10.3 Å². The summed E-state index contributed by atoms with van der Waals surface area (Å²) in [5.41, 5.74) is 1.16. The van der Waals surface area contributed by atoms with Gasteiger partial charge >= 0.3 is 0 Å². The van der Waals surface area contributed by atoms with E-state index in [2.05, 4.69) is 28.5 Å². The first-order valence-electron chi connectivity index (χ1n) is 5.86. The smallest absolute Gasteiger partial charge is 0.120 e. The molecule has 0 saturated carbocycles. The Kier molecular flexibility index (Phi) is 2.54. The number of benzene rings is 1. The van der Waals surface area contributed by atoms with Crippen LogP contribution in [0, 0.1) is 0 Å². The van der Waals surface area contributed by atoms with Crippen LogP contribution in [0.3, 0.4) is 0 Å². The van der Waals surface area contributed by atoms with Crippen molar-refractivity contribution in [3.63, 3.8) is 0 Å². The molecule has 2 heterocycles. The van der Waals surface area contributed by atoms with Crippen molar-refractivity contribution in [3.8, 4) is 5.75 Å². The summed E-state index contributed by atoms with van der Waals surface area (Å²) in [6.07, 6.45) is 4.64. The van der Waals surface area contributed by atoms with Gasteiger partial charge in [0.2, 0.25) is 0 Å². The molecule has 1 saturated heterocycles. The second-order valence-electron chi connectivity index (χ2n) is 4.31. The van der Waals surface area contributed by atoms with Crippen LogP contribution in [0.1, 0.15) is 12.8 Å². The van der Waals surface area contributed by atoms with Gasteiger partial charge in [0.15, 0.2) is 0 Å². The number of hydrogen-bond acceptors (Lipinski definition) is 2. The van der Waals surface area contributed by atoms with E-state index in [1.165, 1.54) is 11.8 Å². The van der Waals surface area contributed by atoms with Crippen molar-refractivity contribution in [2.75, 3.05) is 13.1 Å². The number of ether oxygens (including phenoxy) is 1. The van der Waals surface area contributed by atoms with Crippen molar-refractivity contribution in [2.45, 2.75) is 18.9 Å². The van der Waals surface area contributed by atoms with Crippen LogP contribution in [-0.4, -0.2) is 24.2 Å². The maximum absolute atomic E-state index is 5.96. The molecule has 2 aromatic rings. The maximum atomic E-state index is 5.96. The summed E-state index contributed by atoms with van der Waals surface area (Å²) in [4.78, 5) is 3.18. The van der Waals surface area contributed by atoms with Gasteiger partial charge in [0, 0.05) is 23.6 Å². The molecule has 0 bridgehead atoms. The van der Waals surface area contributed by atoms with Crippen molar-refractivity contribution in [1.29, 1.82) is 0 Å². The highest BCUT2D eigenvalue weighted by Crippen LogP contribution is 2.21. The molecule has 1 aromatic heterocycles. The largest absolute Gasteiger partial charge is 0.489 e. The second kappa shape index (κ2) is 4.18. The van der Waals surface area contributed by atoms with Gasteiger partial charge < -0.3 is 15.0 Å². The molecule has 1 atom stereocenters. The van der Waals surface area contributed by atoms with Crippen molar-refractivity contribution < 1.29 is 4.74 Å². The lowest BCUT2D eigenvalue weighted by atomic mass is 10.1. The molecule has 16 heavy (non-hydrogen) atoms. The zero-order chi connectivity index (χ0) is 10.8. The Balaban J connectivity index is 1.77. The van der Waals surface area contributed by atoms with E-state index >= 15 is 0 Å². The van der Waals surface area contributed by atoms with Gasteiger partial charge in [-0.1, -0.05) is 0 Å². The number of aromatic nitrogens is 1. The Labute approximate surface area is 94.8 Å². The number of H-pyrrole nitrogens is 1. The van der Waals surface area contributed by atoms with E-state index < -0.39 is 0 Å². The van der Waals surface area contributed by atoms with E-state index in [4.69, 9.17) is 4.74 Å². The fourth-order valence-corrected chi connectivity index (χ4v) is 2.22. The normalized spacial score (nSPS) is 21.1. The standard InChI is InChI=1S/C13H16N2O/c1-2-12(9-14-6-1)16-11-3-4-13-10(8-11)5-7-15-13/h3-5,7-8,12,14-15H,1-2,6,9H2. The number of aromatic amines is 1. The molecular formula is C13H16N2O. The molecule has 1 aliphatic rings. The molecule has 1 aromatic carbocycles. The number of piperidine rings is 1. The number of fused-ring (bicyclic) bond motifs is 1. The molecule has 1 aliphatic heterocycles. The van der Waals surface area contributed by atoms with Gasteiger partial charge in [-0.25, -0.2) is 0 Å². The molecule has 0 radical (unpaired) electrons. The second-order valence-corrected chi connectivity index (χ2v) is 4.31. The number of hydrogen-bond donors (Lipinski definition) is 2. The summed E-state index contributed by atoms with van der Waals surface area (Å²) in [6, 6.07) is 8.27. The SMILES string of the molecule is c1cc2cc(OC3CCCNC3)ccc2[nH]1. The average Bonchev–Trinajstić information content (AvgIpc) is 2.77. The van der Waals surface area contributed by atoms with Gasteiger partial charge in [-0.3, -0.25) is 0 Å². The van der Waals surface area contributed by atoms with Gasteiger partial charge in [-0.15, -0.1) is 0 Å². The molecule has 3 heteroatoms. The summed E-state index contributed by atoms with van der Waals surface area (Å²) < 4.78 is 5.96. The first kappa shape index (κ1) is 9.73. The van der Waals surface area contributed by atoms with Crippen LogP contribution in [-0.2, 0) is 0 Å². The maximum Gasteiger partial charge on any atom is 0.120 e. The first-order chi connectivity index (χ1) is 7.92. The molecule has 3 rings (SSSR count). The Morgan fingerprint density at radius 1 is 1.25 bits per heavy atom. The van der Waals surface area contributed by atoms with Crippen molar-refractivity contribution in [2.24, 2.45) is 0 Å². The predicted octanol–water partition coefficient (Wildman–Crippen LogP) is 2.30. The quantitative estimate of drug-likeness (QED) is 0.808. The summed E-state index contributed by atoms with van der Waals surface area (Å²) in [5, 5.41) is 4.57. The Morgan fingerprint density at radius 3 is 3.12 bits per heavy atom. The van der Waals surface area contributed by atoms with Crippen LogP contribution in [0.2, 0.25) is 0 Å². The predicted molar refractivity (Wildman–Crippen MR) is 64.8 cm³/mol. The molecule has 1 fully saturated rings. The minimum absolute atomic E-state index is 0.324. The van der Waals surface area contributed by atoms with Crippen LogP contribution in [0.15, 0.2) is 30.5 Å². The average molecular weight is 216 g/mol. The minimum Gasteiger partial charge on any atom is -0.489 e. The van der Waals surface area contributed by atoms with Gasteiger partial charge in [0.05, 0.1) is 0 Å². The van der Waals surface area contributed by atoms with Gasteiger partial charge in [-0.05, 0) is 43.7 Å².